The zero-order valence-corrected chi connectivity index (χ0v) is 20.7. The first-order valence-electron chi connectivity index (χ1n) is 11.7. The predicted octanol–water partition coefficient (Wildman–Crippen LogP) is 3.47. The number of carbonyl (C=O) groups excluding carboxylic acids is 2. The van der Waals surface area contributed by atoms with Crippen LogP contribution >= 0.6 is 0 Å². The van der Waals surface area contributed by atoms with Gasteiger partial charge in [0.15, 0.2) is 0 Å². The number of hydrogen-bond donors (Lipinski definition) is 3. The van der Waals surface area contributed by atoms with Crippen molar-refractivity contribution in [2.24, 2.45) is 29.6 Å². The van der Waals surface area contributed by atoms with Crippen molar-refractivity contribution in [1.82, 2.24) is 15.3 Å². The molecule has 1 saturated carbocycles. The van der Waals surface area contributed by atoms with Crippen LogP contribution in [-0.2, 0) is 19.6 Å². The maximum absolute atomic E-state index is 13.2. The van der Waals surface area contributed by atoms with E-state index in [1.54, 1.807) is 5.48 Å². The number of nitrogens with one attached hydrogen (secondary N) is 2. The van der Waals surface area contributed by atoms with E-state index in [2.05, 4.69) is 5.43 Å². The van der Waals surface area contributed by atoms with Gasteiger partial charge in [0.05, 0.1) is 18.1 Å². The number of nitrogens with zero attached hydrogens (tertiary/aromatic N) is 1. The summed E-state index contributed by atoms with van der Waals surface area (Å²) in [5.74, 6) is -1.71. The summed E-state index contributed by atoms with van der Waals surface area (Å²) in [6.45, 7) is 7.79. The van der Waals surface area contributed by atoms with Gasteiger partial charge in [-0.15, -0.1) is 4.41 Å². The highest BCUT2D eigenvalue weighted by molar-refractivity contribution is 7.88. The lowest BCUT2D eigenvalue weighted by Crippen LogP contribution is -2.51. The van der Waals surface area contributed by atoms with Crippen molar-refractivity contribution in [2.45, 2.75) is 85.5 Å². The van der Waals surface area contributed by atoms with Crippen LogP contribution in [0.1, 0.15) is 85.5 Å². The third-order valence-corrected chi connectivity index (χ3v) is 7.05. The molecular weight excluding hydrogens is 418 g/mol. The molecule has 0 aliphatic heterocycles. The van der Waals surface area contributed by atoms with Gasteiger partial charge in [0, 0.05) is 6.54 Å². The number of sulfonamides is 1. The van der Waals surface area contributed by atoms with Crippen LogP contribution in [0.3, 0.4) is 0 Å². The Balaban J connectivity index is 2.96. The van der Waals surface area contributed by atoms with Crippen molar-refractivity contribution < 1.29 is 23.2 Å². The minimum Gasteiger partial charge on any atom is -0.289 e. The van der Waals surface area contributed by atoms with Crippen molar-refractivity contribution in [3.8, 4) is 0 Å². The van der Waals surface area contributed by atoms with Crippen LogP contribution in [0.4, 0.5) is 0 Å². The number of hydroxylamine groups is 1. The number of rotatable bonds is 13. The molecule has 0 saturated heterocycles. The SMILES string of the molecule is CC(C)C[C@@H](C(=O)NN(CC(C)C)S(C)(=O)=O)[C@H](CCCC1CCCCC1)C(=O)NO. The van der Waals surface area contributed by atoms with E-state index in [9.17, 15) is 23.2 Å². The molecule has 0 aromatic heterocycles. The van der Waals surface area contributed by atoms with E-state index >= 15 is 0 Å². The van der Waals surface area contributed by atoms with E-state index < -0.39 is 33.7 Å². The molecule has 0 aromatic rings. The Kier molecular flexibility index (Phi) is 12.0. The summed E-state index contributed by atoms with van der Waals surface area (Å²) in [5.41, 5.74) is 4.26. The van der Waals surface area contributed by atoms with Crippen molar-refractivity contribution in [3.63, 3.8) is 0 Å². The standard InChI is InChI=1S/C22H43N3O5S/c1-16(2)14-20(21(26)23-25(15-17(3)4)31(5,29)30)19(22(27)24-28)13-9-12-18-10-7-6-8-11-18/h16-20,28H,6-15H2,1-5H3,(H,23,26)(H,24,27)/t19-,20+/m0/s1. The molecule has 0 aromatic carbocycles. The van der Waals surface area contributed by atoms with Crippen LogP contribution in [0, 0.1) is 29.6 Å². The second-order valence-corrected chi connectivity index (χ2v) is 11.8. The summed E-state index contributed by atoms with van der Waals surface area (Å²) in [6, 6.07) is 0. The van der Waals surface area contributed by atoms with Gasteiger partial charge in [-0.1, -0.05) is 72.6 Å². The van der Waals surface area contributed by atoms with Gasteiger partial charge < -0.3 is 0 Å². The Morgan fingerprint density at radius 2 is 1.61 bits per heavy atom. The molecule has 0 spiro atoms. The van der Waals surface area contributed by atoms with E-state index in [1.165, 1.54) is 32.1 Å². The normalized spacial score (nSPS) is 17.7. The Morgan fingerprint density at radius 3 is 2.10 bits per heavy atom. The van der Waals surface area contributed by atoms with E-state index in [4.69, 9.17) is 0 Å². The summed E-state index contributed by atoms with van der Waals surface area (Å²) in [4.78, 5) is 25.7. The third-order valence-electron chi connectivity index (χ3n) is 6.01. The molecule has 9 heteroatoms. The van der Waals surface area contributed by atoms with Crippen LogP contribution in [0.5, 0.6) is 0 Å². The van der Waals surface area contributed by atoms with Gasteiger partial charge in [-0.3, -0.25) is 20.2 Å². The molecule has 8 nitrogen and oxygen atoms in total. The minimum absolute atomic E-state index is 0.0191. The lowest BCUT2D eigenvalue weighted by atomic mass is 9.79. The highest BCUT2D eigenvalue weighted by Crippen LogP contribution is 2.31. The molecule has 2 atom stereocenters. The molecule has 0 bridgehead atoms. The summed E-state index contributed by atoms with van der Waals surface area (Å²) in [7, 11) is -3.65. The molecular formula is C22H43N3O5S. The average Bonchev–Trinajstić information content (AvgIpc) is 2.68. The molecule has 182 valence electrons. The van der Waals surface area contributed by atoms with Crippen LogP contribution in [0.15, 0.2) is 0 Å². The molecule has 31 heavy (non-hydrogen) atoms. The second-order valence-electron chi connectivity index (χ2n) is 9.92. The number of hydrogen-bond acceptors (Lipinski definition) is 5. The van der Waals surface area contributed by atoms with Gasteiger partial charge in [-0.2, -0.15) is 0 Å². The fourth-order valence-electron chi connectivity index (χ4n) is 4.46. The third kappa shape index (κ3) is 10.3. The van der Waals surface area contributed by atoms with Gasteiger partial charge in [0.25, 0.3) is 0 Å². The lowest BCUT2D eigenvalue weighted by molar-refractivity contribution is -0.142. The van der Waals surface area contributed by atoms with E-state index in [1.807, 2.05) is 27.7 Å². The summed E-state index contributed by atoms with van der Waals surface area (Å²) in [5, 5.41) is 9.31. The fraction of sp³-hybridized carbons (Fsp3) is 0.909. The molecule has 0 unspecified atom stereocenters. The first kappa shape index (κ1) is 27.8. The van der Waals surface area contributed by atoms with Crippen LogP contribution in [0.25, 0.3) is 0 Å². The van der Waals surface area contributed by atoms with E-state index in [0.29, 0.717) is 18.8 Å². The second kappa shape index (κ2) is 13.4. The number of amides is 2. The first-order chi connectivity index (χ1) is 14.5. The molecule has 2 amide bonds. The monoisotopic (exact) mass is 461 g/mol. The largest absolute Gasteiger partial charge is 0.289 e. The van der Waals surface area contributed by atoms with Gasteiger partial charge in [0.1, 0.15) is 0 Å². The van der Waals surface area contributed by atoms with Gasteiger partial charge >= 0.3 is 0 Å². The topological polar surface area (TPSA) is 116 Å². The molecule has 3 N–H and O–H groups in total. The molecule has 1 aliphatic rings. The quantitative estimate of drug-likeness (QED) is 0.287. The summed E-state index contributed by atoms with van der Waals surface area (Å²) >= 11 is 0. The van der Waals surface area contributed by atoms with Crippen molar-refractivity contribution in [2.75, 3.05) is 12.8 Å². The van der Waals surface area contributed by atoms with E-state index in [-0.39, 0.29) is 18.4 Å². The summed E-state index contributed by atoms with van der Waals surface area (Å²) in [6.07, 6.45) is 9.98. The van der Waals surface area contributed by atoms with Crippen LogP contribution in [-0.4, -0.2) is 42.7 Å². The van der Waals surface area contributed by atoms with Crippen molar-refractivity contribution in [1.29, 1.82) is 0 Å². The van der Waals surface area contributed by atoms with Gasteiger partial charge in [-0.25, -0.2) is 13.9 Å². The fourth-order valence-corrected chi connectivity index (χ4v) is 5.29. The molecule has 1 aliphatic carbocycles. The molecule has 0 heterocycles. The maximum Gasteiger partial charge on any atom is 0.247 e. The number of hydrazine groups is 1. The summed E-state index contributed by atoms with van der Waals surface area (Å²) < 4.78 is 25.3. The average molecular weight is 462 g/mol. The number of carbonyl (C=O) groups is 2. The highest BCUT2D eigenvalue weighted by Gasteiger charge is 2.36. The molecule has 1 rings (SSSR count). The Bertz CT molecular complexity index is 660. The molecule has 0 radical (unpaired) electrons. The molecule has 1 fully saturated rings. The predicted molar refractivity (Wildman–Crippen MR) is 121 cm³/mol. The Hall–Kier alpha value is -1.19. The van der Waals surface area contributed by atoms with Gasteiger partial charge in [-0.05, 0) is 30.6 Å². The lowest BCUT2D eigenvalue weighted by Gasteiger charge is -2.30. The minimum atomic E-state index is -3.65. The highest BCUT2D eigenvalue weighted by atomic mass is 32.2. The van der Waals surface area contributed by atoms with Crippen molar-refractivity contribution in [3.05, 3.63) is 0 Å². The zero-order chi connectivity index (χ0) is 23.6. The van der Waals surface area contributed by atoms with Crippen molar-refractivity contribution >= 4 is 21.8 Å². The first-order valence-corrected chi connectivity index (χ1v) is 13.5. The van der Waals surface area contributed by atoms with Gasteiger partial charge in [0.2, 0.25) is 21.8 Å². The maximum atomic E-state index is 13.2. The van der Waals surface area contributed by atoms with Crippen LogP contribution < -0.4 is 10.9 Å². The van der Waals surface area contributed by atoms with Crippen LogP contribution in [0.2, 0.25) is 0 Å². The van der Waals surface area contributed by atoms with E-state index in [0.717, 1.165) is 23.5 Å². The smallest absolute Gasteiger partial charge is 0.247 e. The Labute approximate surface area is 188 Å². The Morgan fingerprint density at radius 1 is 1.00 bits per heavy atom. The zero-order valence-electron chi connectivity index (χ0n) is 19.9.